The van der Waals surface area contributed by atoms with Crippen LogP contribution in [-0.4, -0.2) is 19.3 Å². The van der Waals surface area contributed by atoms with E-state index in [2.05, 4.69) is 16.5 Å². The second-order valence-corrected chi connectivity index (χ2v) is 4.92. The summed E-state index contributed by atoms with van der Waals surface area (Å²) in [5.41, 5.74) is 1.51. The summed E-state index contributed by atoms with van der Waals surface area (Å²) in [6.07, 6.45) is 0.693. The predicted molar refractivity (Wildman–Crippen MR) is 81.2 cm³/mol. The summed E-state index contributed by atoms with van der Waals surface area (Å²) in [5.74, 6) is 3.07. The lowest BCUT2D eigenvalue weighted by Crippen LogP contribution is -2.08. The van der Waals surface area contributed by atoms with Gasteiger partial charge in [0.2, 0.25) is 5.91 Å². The summed E-state index contributed by atoms with van der Waals surface area (Å²) in [5, 5.41) is 5.47. The van der Waals surface area contributed by atoms with Crippen molar-refractivity contribution in [1.82, 2.24) is 0 Å². The van der Waals surface area contributed by atoms with Crippen molar-refractivity contribution in [2.75, 3.05) is 12.4 Å². The summed E-state index contributed by atoms with van der Waals surface area (Å²) >= 11 is 2.04. The van der Waals surface area contributed by atoms with E-state index in [1.54, 1.807) is 12.1 Å². The Morgan fingerprint density at radius 3 is 2.78 bits per heavy atom. The average Bonchev–Trinajstić information content (AvgIpc) is 2.36. The highest BCUT2D eigenvalue weighted by Gasteiger charge is 2.09. The molecule has 1 rings (SSSR count). The Balaban J connectivity index is 3.34. The van der Waals surface area contributed by atoms with E-state index in [0.29, 0.717) is 28.8 Å². The van der Waals surface area contributed by atoms with E-state index in [1.807, 2.05) is 21.2 Å². The lowest BCUT2D eigenvalue weighted by Gasteiger charge is -2.10. The van der Waals surface area contributed by atoms with Gasteiger partial charge in [-0.05, 0) is 20.3 Å². The van der Waals surface area contributed by atoms with Crippen LogP contribution in [0.15, 0.2) is 12.1 Å². The number of methoxy groups -OCH3 is 1. The number of carbonyl (C=O) groups is 2. The van der Waals surface area contributed by atoms with Crippen molar-refractivity contribution in [3.05, 3.63) is 23.3 Å². The van der Waals surface area contributed by atoms with Gasteiger partial charge in [-0.3, -0.25) is 9.59 Å². The maximum Gasteiger partial charge on any atom is 0.221 e. The van der Waals surface area contributed by atoms with Gasteiger partial charge in [0.05, 0.1) is 18.4 Å². The van der Waals surface area contributed by atoms with Gasteiger partial charge in [-0.2, -0.15) is 0 Å². The van der Waals surface area contributed by atoms with E-state index in [0.717, 1.165) is 0 Å². The third kappa shape index (κ3) is 3.92. The molecule has 0 saturated heterocycles. The first-order chi connectivity index (χ1) is 8.62. The van der Waals surface area contributed by atoms with Crippen LogP contribution in [0.4, 0.5) is 5.69 Å². The van der Waals surface area contributed by atoms with Gasteiger partial charge in [0.25, 0.3) is 0 Å². The van der Waals surface area contributed by atoms with Crippen molar-refractivity contribution >= 4 is 48.0 Å². The molecule has 0 aliphatic heterocycles. The maximum absolute atomic E-state index is 11.1. The number of halogens is 1. The predicted octanol–water partition coefficient (Wildman–Crippen LogP) is 2.86. The molecule has 0 heterocycles. The third-order valence-corrected chi connectivity index (χ3v) is 2.87. The highest BCUT2D eigenvalue weighted by atomic mass is 127. The zero-order valence-electron chi connectivity index (χ0n) is 9.74. The Labute approximate surface area is 121 Å². The number of aldehydes is 1. The van der Waals surface area contributed by atoms with Gasteiger partial charge in [0.15, 0.2) is 6.29 Å². The first-order valence-corrected chi connectivity index (χ1v) is 8.21. The summed E-state index contributed by atoms with van der Waals surface area (Å²) < 4.78 is 5.08. The number of carbonyl (C=O) groups excluding carboxylic acids is 2. The molecule has 0 fully saturated rings. The van der Waals surface area contributed by atoms with Crippen LogP contribution in [-0.2, 0) is 4.79 Å². The number of ether oxygens (including phenoxy) is 1. The molecule has 0 atom stereocenters. The van der Waals surface area contributed by atoms with Gasteiger partial charge < -0.3 is 10.1 Å². The number of amides is 1. The number of hydrogen-bond donors (Lipinski definition) is 1. The fraction of sp³-hybridized carbons (Fsp3) is 0.167. The summed E-state index contributed by atoms with van der Waals surface area (Å²) in [7, 11) is 2.79. The molecule has 0 spiro atoms. The summed E-state index contributed by atoms with van der Waals surface area (Å²) in [6.45, 7) is 1.41. The Bertz CT molecular complexity index is 534. The van der Waals surface area contributed by atoms with Crippen molar-refractivity contribution in [2.45, 2.75) is 6.92 Å². The van der Waals surface area contributed by atoms with E-state index in [1.165, 1.54) is 23.0 Å². The Morgan fingerprint density at radius 2 is 2.28 bits per heavy atom. The standard InChI is InChI=1S/C12H10INO3S/c1-8(16)14-11-6-12(17-2)10(7-15)5-9(11)3-4-18-13/h5-7H,1-2H3,(H,14,16). The number of rotatable bonds is 3. The number of hydrogen-bond acceptors (Lipinski definition) is 4. The fourth-order valence-corrected chi connectivity index (χ4v) is 1.82. The van der Waals surface area contributed by atoms with Crippen molar-refractivity contribution < 1.29 is 14.3 Å². The highest BCUT2D eigenvalue weighted by molar-refractivity contribution is 14.2. The van der Waals surface area contributed by atoms with Crippen molar-refractivity contribution in [3.63, 3.8) is 0 Å². The van der Waals surface area contributed by atoms with Crippen LogP contribution in [0.5, 0.6) is 5.75 Å². The molecule has 4 nitrogen and oxygen atoms in total. The first kappa shape index (κ1) is 14.9. The van der Waals surface area contributed by atoms with E-state index >= 15 is 0 Å². The molecule has 1 N–H and O–H groups in total. The molecule has 0 saturated carbocycles. The van der Waals surface area contributed by atoms with Gasteiger partial charge in [0.1, 0.15) is 5.75 Å². The molecule has 1 aromatic carbocycles. The molecule has 0 bridgehead atoms. The van der Waals surface area contributed by atoms with E-state index < -0.39 is 0 Å². The van der Waals surface area contributed by atoms with Crippen LogP contribution in [0.2, 0.25) is 0 Å². The Hall–Kier alpha value is -1.20. The van der Waals surface area contributed by atoms with Crippen molar-refractivity contribution in [1.29, 1.82) is 0 Å². The van der Waals surface area contributed by atoms with E-state index in [-0.39, 0.29) is 5.91 Å². The zero-order chi connectivity index (χ0) is 13.5. The SMILES string of the molecule is COc1cc(NC(C)=O)c(C#CSI)cc1C=O. The van der Waals surface area contributed by atoms with Gasteiger partial charge >= 0.3 is 0 Å². The van der Waals surface area contributed by atoms with E-state index in [4.69, 9.17) is 4.74 Å². The lowest BCUT2D eigenvalue weighted by molar-refractivity contribution is -0.114. The van der Waals surface area contributed by atoms with Crippen molar-refractivity contribution in [3.8, 4) is 16.9 Å². The smallest absolute Gasteiger partial charge is 0.221 e. The van der Waals surface area contributed by atoms with Crippen LogP contribution in [0.3, 0.4) is 0 Å². The van der Waals surface area contributed by atoms with Crippen LogP contribution in [0.25, 0.3) is 0 Å². The van der Waals surface area contributed by atoms with Crippen LogP contribution in [0.1, 0.15) is 22.8 Å². The van der Waals surface area contributed by atoms with Crippen LogP contribution < -0.4 is 10.1 Å². The fourth-order valence-electron chi connectivity index (χ4n) is 1.34. The monoisotopic (exact) mass is 375 g/mol. The normalized spacial score (nSPS) is 9.06. The van der Waals surface area contributed by atoms with Crippen LogP contribution >= 0.6 is 30.1 Å². The number of nitrogens with one attached hydrogen (secondary N) is 1. The number of anilines is 1. The molecule has 94 valence electrons. The summed E-state index contributed by atoms with van der Waals surface area (Å²) in [6, 6.07) is 3.18. The largest absolute Gasteiger partial charge is 0.496 e. The summed E-state index contributed by atoms with van der Waals surface area (Å²) in [4.78, 5) is 22.0. The Kier molecular flexibility index (Phi) is 6.01. The van der Waals surface area contributed by atoms with Gasteiger partial charge in [0, 0.05) is 39.8 Å². The van der Waals surface area contributed by atoms with Gasteiger partial charge in [-0.1, -0.05) is 5.92 Å². The molecule has 1 aromatic rings. The molecule has 6 heteroatoms. The topological polar surface area (TPSA) is 55.4 Å². The second-order valence-electron chi connectivity index (χ2n) is 3.24. The molecule has 0 radical (unpaired) electrons. The number of benzene rings is 1. The molecule has 0 aromatic heterocycles. The van der Waals surface area contributed by atoms with Crippen LogP contribution in [0, 0.1) is 11.2 Å². The lowest BCUT2D eigenvalue weighted by atomic mass is 10.1. The highest BCUT2D eigenvalue weighted by Crippen LogP contribution is 2.26. The van der Waals surface area contributed by atoms with Crippen molar-refractivity contribution in [2.24, 2.45) is 0 Å². The zero-order valence-corrected chi connectivity index (χ0v) is 12.7. The third-order valence-electron chi connectivity index (χ3n) is 2.03. The molecular weight excluding hydrogens is 365 g/mol. The minimum Gasteiger partial charge on any atom is -0.496 e. The maximum atomic E-state index is 11.1. The molecule has 0 aliphatic rings. The first-order valence-electron chi connectivity index (χ1n) is 4.85. The van der Waals surface area contributed by atoms with E-state index in [9.17, 15) is 9.59 Å². The quantitative estimate of drug-likeness (QED) is 0.502. The molecule has 0 unspecified atom stereocenters. The van der Waals surface area contributed by atoms with Gasteiger partial charge in [-0.25, -0.2) is 0 Å². The Morgan fingerprint density at radius 1 is 1.56 bits per heavy atom. The minimum absolute atomic E-state index is 0.207. The second kappa shape index (κ2) is 7.28. The van der Waals surface area contributed by atoms with Gasteiger partial charge in [-0.15, -0.1) is 0 Å². The average molecular weight is 375 g/mol. The molecule has 0 aliphatic carbocycles. The molecule has 1 amide bonds. The minimum atomic E-state index is -0.207. The molecular formula is C12H10INO3S. The molecule has 18 heavy (non-hydrogen) atoms.